The number of aliphatic hydroxyl groups excluding tert-OH is 1. The molecule has 4 fully saturated rings. The molecule has 0 radical (unpaired) electrons. The van der Waals surface area contributed by atoms with Crippen LogP contribution in [-0.4, -0.2) is 22.1 Å². The third-order valence-corrected chi connectivity index (χ3v) is 9.64. The quantitative estimate of drug-likeness (QED) is 0.695. The van der Waals surface area contributed by atoms with Crippen molar-refractivity contribution in [2.75, 3.05) is 0 Å². The highest BCUT2D eigenvalue weighted by atomic mass is 16.6. The van der Waals surface area contributed by atoms with Crippen molar-refractivity contribution in [1.29, 1.82) is 0 Å². The fourth-order valence-corrected chi connectivity index (χ4v) is 8.46. The summed E-state index contributed by atoms with van der Waals surface area (Å²) in [6.07, 6.45) is 9.97. The number of hydrogen-bond acceptors (Lipinski definition) is 3. The summed E-state index contributed by atoms with van der Waals surface area (Å²) in [5.74, 6) is 3.48. The Morgan fingerprint density at radius 2 is 1.92 bits per heavy atom. The lowest BCUT2D eigenvalue weighted by Crippen LogP contribution is -2.55. The minimum Gasteiger partial charge on any atom is -0.513 e. The van der Waals surface area contributed by atoms with Gasteiger partial charge in [-0.3, -0.25) is 4.79 Å². The average molecular weight is 344 g/mol. The zero-order valence-electron chi connectivity index (χ0n) is 16.1. The molecule has 1 aliphatic heterocycles. The maximum absolute atomic E-state index is 12.6. The first-order chi connectivity index (χ1) is 11.7. The highest BCUT2D eigenvalue weighted by molar-refractivity contribution is 5.91. The number of carbonyl (C=O) groups excluding carboxylic acids is 1. The van der Waals surface area contributed by atoms with Crippen LogP contribution in [0, 0.1) is 34.5 Å². The van der Waals surface area contributed by atoms with E-state index in [0.717, 1.165) is 37.5 Å². The van der Waals surface area contributed by atoms with E-state index in [4.69, 9.17) is 4.74 Å². The molecule has 0 aromatic rings. The molecule has 3 saturated carbocycles. The SMILES string of the molecule is CC(=O)[C@@]12O[C@]1(C)C[C@@H]1[C@@H]3CC[C@@H]4C=C(O)CC[C@]4(C)[C@@H]3CC[C@@]12C. The molecule has 0 bridgehead atoms. The van der Waals surface area contributed by atoms with E-state index < -0.39 is 5.60 Å². The molecular formula is C22H32O3. The van der Waals surface area contributed by atoms with Gasteiger partial charge in [0.05, 0.1) is 5.76 Å². The van der Waals surface area contributed by atoms with Gasteiger partial charge in [-0.2, -0.15) is 0 Å². The lowest BCUT2D eigenvalue weighted by Gasteiger charge is -2.59. The second-order valence-electron chi connectivity index (χ2n) is 10.5. The molecule has 3 nitrogen and oxygen atoms in total. The van der Waals surface area contributed by atoms with E-state index >= 15 is 0 Å². The average Bonchev–Trinajstić information content (AvgIpc) is 3.13. The topological polar surface area (TPSA) is 49.8 Å². The van der Waals surface area contributed by atoms with Crippen LogP contribution < -0.4 is 0 Å². The highest BCUT2D eigenvalue weighted by Gasteiger charge is 2.85. The maximum atomic E-state index is 12.6. The van der Waals surface area contributed by atoms with Crippen molar-refractivity contribution < 1.29 is 14.6 Å². The number of fused-ring (bicyclic) bond motifs is 7. The molecule has 25 heavy (non-hydrogen) atoms. The summed E-state index contributed by atoms with van der Waals surface area (Å²) in [6.45, 7) is 8.77. The molecule has 0 unspecified atom stereocenters. The van der Waals surface area contributed by atoms with Crippen LogP contribution in [0.5, 0.6) is 0 Å². The maximum Gasteiger partial charge on any atom is 0.165 e. The molecule has 1 heterocycles. The van der Waals surface area contributed by atoms with Gasteiger partial charge in [-0.1, -0.05) is 13.8 Å². The molecule has 3 heteroatoms. The van der Waals surface area contributed by atoms with Crippen LogP contribution in [0.1, 0.15) is 72.6 Å². The molecule has 5 rings (SSSR count). The van der Waals surface area contributed by atoms with Crippen molar-refractivity contribution in [3.8, 4) is 0 Å². The Morgan fingerprint density at radius 3 is 2.64 bits per heavy atom. The Hall–Kier alpha value is -0.830. The van der Waals surface area contributed by atoms with Gasteiger partial charge in [0.2, 0.25) is 0 Å². The number of carbonyl (C=O) groups is 1. The number of epoxide rings is 1. The summed E-state index contributed by atoms with van der Waals surface area (Å²) in [7, 11) is 0. The van der Waals surface area contributed by atoms with Crippen molar-refractivity contribution in [2.24, 2.45) is 34.5 Å². The molecule has 138 valence electrons. The molecule has 8 atom stereocenters. The number of aliphatic hydroxyl groups is 1. The Bertz CT molecular complexity index is 683. The zero-order chi connectivity index (χ0) is 17.8. The van der Waals surface area contributed by atoms with Crippen molar-refractivity contribution in [2.45, 2.75) is 83.8 Å². The Balaban J connectivity index is 1.52. The second-order valence-corrected chi connectivity index (χ2v) is 10.5. The number of rotatable bonds is 1. The largest absolute Gasteiger partial charge is 0.513 e. The molecule has 0 spiro atoms. The summed E-state index contributed by atoms with van der Waals surface area (Å²) in [5, 5.41) is 10.0. The molecule has 1 saturated heterocycles. The number of ketones is 1. The molecule has 0 aromatic heterocycles. The van der Waals surface area contributed by atoms with Gasteiger partial charge in [0.1, 0.15) is 5.60 Å². The summed E-state index contributed by atoms with van der Waals surface area (Å²) in [5.41, 5.74) is -0.368. The van der Waals surface area contributed by atoms with Gasteiger partial charge in [0.25, 0.3) is 0 Å². The number of Topliss-reactive ketones (excluding diaryl/α,β-unsaturated/α-hetero) is 1. The summed E-state index contributed by atoms with van der Waals surface area (Å²) in [6, 6.07) is 0. The standard InChI is InChI=1S/C22H32O3/c1-13(23)22-20(3)10-8-17-16(18(20)12-21(22,4)25-22)6-5-14-11-15(24)7-9-19(14,17)2/h11,14,16-18,24H,5-10,12H2,1-4H3/t14-,16-,17-,18-,19+,20+,21-,22+/m1/s1. The minimum absolute atomic E-state index is 0.0184. The number of allylic oxidation sites excluding steroid dienone is 2. The third kappa shape index (κ3) is 1.66. The van der Waals surface area contributed by atoms with Crippen molar-refractivity contribution in [3.05, 3.63) is 11.8 Å². The van der Waals surface area contributed by atoms with Gasteiger partial charge < -0.3 is 9.84 Å². The first-order valence-electron chi connectivity index (χ1n) is 10.3. The van der Waals surface area contributed by atoms with Crippen molar-refractivity contribution >= 4 is 5.78 Å². The van der Waals surface area contributed by atoms with Crippen molar-refractivity contribution in [3.63, 3.8) is 0 Å². The van der Waals surface area contributed by atoms with Gasteiger partial charge in [-0.15, -0.1) is 0 Å². The fourth-order valence-electron chi connectivity index (χ4n) is 8.46. The first-order valence-corrected chi connectivity index (χ1v) is 10.3. The van der Waals surface area contributed by atoms with Crippen LogP contribution in [0.2, 0.25) is 0 Å². The highest BCUT2D eigenvalue weighted by Crippen LogP contribution is 2.77. The predicted octanol–water partition coefficient (Wildman–Crippen LogP) is 4.81. The molecule has 5 aliphatic rings. The van der Waals surface area contributed by atoms with E-state index in [9.17, 15) is 9.90 Å². The fraction of sp³-hybridized carbons (Fsp3) is 0.864. The van der Waals surface area contributed by atoms with E-state index in [1.54, 1.807) is 6.92 Å². The van der Waals surface area contributed by atoms with Crippen LogP contribution in [-0.2, 0) is 9.53 Å². The van der Waals surface area contributed by atoms with E-state index in [1.807, 2.05) is 0 Å². The van der Waals surface area contributed by atoms with Gasteiger partial charge in [-0.05, 0) is 87.5 Å². The molecule has 1 N–H and O–H groups in total. The van der Waals surface area contributed by atoms with E-state index in [-0.39, 0.29) is 16.8 Å². The normalized spacial score (nSPS) is 59.1. The molecule has 0 aromatic carbocycles. The second kappa shape index (κ2) is 4.52. The lowest BCUT2D eigenvalue weighted by atomic mass is 9.45. The van der Waals surface area contributed by atoms with E-state index in [1.165, 1.54) is 19.3 Å². The lowest BCUT2D eigenvalue weighted by molar-refractivity contribution is -0.142. The van der Waals surface area contributed by atoms with Crippen LogP contribution in [0.3, 0.4) is 0 Å². The van der Waals surface area contributed by atoms with E-state index in [2.05, 4.69) is 26.8 Å². The Labute approximate surface area is 151 Å². The zero-order valence-corrected chi connectivity index (χ0v) is 16.1. The monoisotopic (exact) mass is 344 g/mol. The van der Waals surface area contributed by atoms with Crippen LogP contribution in [0.15, 0.2) is 11.8 Å². The minimum atomic E-state index is -0.502. The van der Waals surface area contributed by atoms with Gasteiger partial charge >= 0.3 is 0 Å². The van der Waals surface area contributed by atoms with Crippen LogP contribution in [0.4, 0.5) is 0 Å². The summed E-state index contributed by atoms with van der Waals surface area (Å²) >= 11 is 0. The predicted molar refractivity (Wildman–Crippen MR) is 96.1 cm³/mol. The van der Waals surface area contributed by atoms with Crippen LogP contribution in [0.25, 0.3) is 0 Å². The number of hydrogen-bond donors (Lipinski definition) is 1. The van der Waals surface area contributed by atoms with Gasteiger partial charge in [-0.25, -0.2) is 0 Å². The number of ether oxygens (including phenoxy) is 1. The van der Waals surface area contributed by atoms with Gasteiger partial charge in [0.15, 0.2) is 11.4 Å². The summed E-state index contributed by atoms with van der Waals surface area (Å²) < 4.78 is 6.20. The third-order valence-electron chi connectivity index (χ3n) is 9.64. The Morgan fingerprint density at radius 1 is 1.16 bits per heavy atom. The molecule has 0 amide bonds. The van der Waals surface area contributed by atoms with Gasteiger partial charge in [0, 0.05) is 11.8 Å². The Kier molecular flexibility index (Phi) is 2.96. The van der Waals surface area contributed by atoms with Crippen molar-refractivity contribution in [1.82, 2.24) is 0 Å². The van der Waals surface area contributed by atoms with Crippen LogP contribution >= 0.6 is 0 Å². The van der Waals surface area contributed by atoms with E-state index in [0.29, 0.717) is 23.0 Å². The molecular weight excluding hydrogens is 312 g/mol. The smallest absolute Gasteiger partial charge is 0.165 e. The summed E-state index contributed by atoms with van der Waals surface area (Å²) in [4.78, 5) is 12.6. The molecule has 4 aliphatic carbocycles. The first kappa shape index (κ1) is 16.4.